The fraction of sp³-hybridized carbons (Fsp3) is 0.294. The highest BCUT2D eigenvalue weighted by Crippen LogP contribution is 2.23. The van der Waals surface area contributed by atoms with E-state index < -0.39 is 0 Å². The monoisotopic (exact) mass is 281 g/mol. The Morgan fingerprint density at radius 1 is 1.19 bits per heavy atom. The Balaban J connectivity index is 1.72. The molecule has 0 bridgehead atoms. The first kappa shape index (κ1) is 13.8. The lowest BCUT2D eigenvalue weighted by Crippen LogP contribution is -2.34. The van der Waals surface area contributed by atoms with Crippen molar-refractivity contribution in [2.45, 2.75) is 19.4 Å². The number of carbonyl (C=O) groups excluding carboxylic acids is 1. The molecule has 0 unspecified atom stereocenters. The summed E-state index contributed by atoms with van der Waals surface area (Å²) in [5.41, 5.74) is 3.38. The van der Waals surface area contributed by atoms with Crippen LogP contribution < -0.4 is 10.2 Å². The van der Waals surface area contributed by atoms with E-state index in [1.54, 1.807) is 12.4 Å². The van der Waals surface area contributed by atoms with Crippen molar-refractivity contribution in [2.75, 3.05) is 18.0 Å². The van der Waals surface area contributed by atoms with Gasteiger partial charge in [-0.25, -0.2) is 0 Å². The zero-order chi connectivity index (χ0) is 14.5. The number of pyridine rings is 1. The number of fused-ring (bicyclic) bond motifs is 1. The summed E-state index contributed by atoms with van der Waals surface area (Å²) in [6.07, 6.45) is 4.82. The summed E-state index contributed by atoms with van der Waals surface area (Å²) < 4.78 is 0. The lowest BCUT2D eigenvalue weighted by molar-refractivity contribution is -0.118. The summed E-state index contributed by atoms with van der Waals surface area (Å²) in [5.74, 6) is 0.183. The molecule has 3 rings (SSSR count). The number of amides is 1. The molecule has 108 valence electrons. The minimum Gasteiger partial charge on any atom is -0.311 e. The van der Waals surface area contributed by atoms with Crippen LogP contribution in [0.4, 0.5) is 5.69 Å². The summed E-state index contributed by atoms with van der Waals surface area (Å²) in [6, 6.07) is 12.1. The molecule has 0 spiro atoms. The highest BCUT2D eigenvalue weighted by molar-refractivity contribution is 5.94. The minimum atomic E-state index is 0.183. The van der Waals surface area contributed by atoms with Gasteiger partial charge < -0.3 is 10.2 Å². The van der Waals surface area contributed by atoms with Gasteiger partial charge in [0.2, 0.25) is 5.91 Å². The Labute approximate surface area is 124 Å². The summed E-state index contributed by atoms with van der Waals surface area (Å²) in [6.45, 7) is 2.38. The van der Waals surface area contributed by atoms with E-state index in [2.05, 4.69) is 16.4 Å². The van der Waals surface area contributed by atoms with E-state index in [9.17, 15) is 4.79 Å². The number of aryl methyl sites for hydroxylation is 1. The lowest BCUT2D eigenvalue weighted by atomic mass is 10.1. The average Bonchev–Trinajstić information content (AvgIpc) is 2.76. The van der Waals surface area contributed by atoms with Crippen LogP contribution in [-0.2, 0) is 17.8 Å². The number of hydrogen-bond donors (Lipinski definition) is 1. The van der Waals surface area contributed by atoms with Crippen molar-refractivity contribution in [3.8, 4) is 0 Å². The molecule has 0 saturated carbocycles. The first-order chi connectivity index (χ1) is 10.3. The third-order valence-electron chi connectivity index (χ3n) is 3.79. The molecule has 4 heteroatoms. The quantitative estimate of drug-likeness (QED) is 0.937. The van der Waals surface area contributed by atoms with Crippen LogP contribution in [-0.4, -0.2) is 24.0 Å². The number of nitrogens with one attached hydrogen (secondary N) is 1. The molecule has 1 aromatic heterocycles. The highest BCUT2D eigenvalue weighted by atomic mass is 16.2. The predicted octanol–water partition coefficient (Wildman–Crippen LogP) is 2.15. The van der Waals surface area contributed by atoms with Crippen LogP contribution in [0.5, 0.6) is 0 Å². The molecule has 0 radical (unpaired) electrons. The van der Waals surface area contributed by atoms with Crippen molar-refractivity contribution < 1.29 is 4.79 Å². The smallest absolute Gasteiger partial charge is 0.227 e. The SMILES string of the molecule is O=C(CCc1ccncc1)N1CCNCc2ccccc21. The molecule has 1 amide bonds. The Bertz CT molecular complexity index is 612. The Hall–Kier alpha value is -2.20. The van der Waals surface area contributed by atoms with Gasteiger partial charge in [-0.1, -0.05) is 18.2 Å². The van der Waals surface area contributed by atoms with E-state index in [1.807, 2.05) is 35.2 Å². The first-order valence-electron chi connectivity index (χ1n) is 7.32. The van der Waals surface area contributed by atoms with Crippen molar-refractivity contribution in [2.24, 2.45) is 0 Å². The number of hydrogen-bond acceptors (Lipinski definition) is 3. The van der Waals surface area contributed by atoms with E-state index in [4.69, 9.17) is 0 Å². The maximum Gasteiger partial charge on any atom is 0.227 e. The number of carbonyl (C=O) groups is 1. The van der Waals surface area contributed by atoms with Crippen molar-refractivity contribution >= 4 is 11.6 Å². The van der Waals surface area contributed by atoms with Crippen LogP contribution in [0, 0.1) is 0 Å². The van der Waals surface area contributed by atoms with Crippen LogP contribution in [0.3, 0.4) is 0 Å². The molecule has 1 aliphatic heterocycles. The van der Waals surface area contributed by atoms with Gasteiger partial charge in [-0.15, -0.1) is 0 Å². The van der Waals surface area contributed by atoms with E-state index in [1.165, 1.54) is 5.56 Å². The Morgan fingerprint density at radius 2 is 2.00 bits per heavy atom. The molecule has 0 aliphatic carbocycles. The topological polar surface area (TPSA) is 45.2 Å². The maximum atomic E-state index is 12.6. The number of benzene rings is 1. The van der Waals surface area contributed by atoms with Gasteiger partial charge in [0.1, 0.15) is 0 Å². The van der Waals surface area contributed by atoms with Crippen molar-refractivity contribution in [1.82, 2.24) is 10.3 Å². The zero-order valence-corrected chi connectivity index (χ0v) is 12.0. The summed E-state index contributed by atoms with van der Waals surface area (Å²) in [4.78, 5) is 18.5. The molecule has 2 aromatic rings. The normalized spacial score (nSPS) is 14.4. The molecule has 1 N–H and O–H groups in total. The minimum absolute atomic E-state index is 0.183. The second-order valence-corrected chi connectivity index (χ2v) is 5.21. The fourth-order valence-electron chi connectivity index (χ4n) is 2.65. The van der Waals surface area contributed by atoms with Gasteiger partial charge in [0.15, 0.2) is 0 Å². The van der Waals surface area contributed by atoms with E-state index in [-0.39, 0.29) is 5.91 Å². The second kappa shape index (κ2) is 6.50. The highest BCUT2D eigenvalue weighted by Gasteiger charge is 2.20. The molecule has 21 heavy (non-hydrogen) atoms. The third-order valence-corrected chi connectivity index (χ3v) is 3.79. The van der Waals surface area contributed by atoms with Crippen LogP contribution in [0.2, 0.25) is 0 Å². The average molecular weight is 281 g/mol. The Kier molecular flexibility index (Phi) is 4.26. The Morgan fingerprint density at radius 3 is 2.86 bits per heavy atom. The number of aromatic nitrogens is 1. The third kappa shape index (κ3) is 3.28. The predicted molar refractivity (Wildman–Crippen MR) is 83.1 cm³/mol. The fourth-order valence-corrected chi connectivity index (χ4v) is 2.65. The van der Waals surface area contributed by atoms with Crippen LogP contribution in [0.1, 0.15) is 17.5 Å². The van der Waals surface area contributed by atoms with E-state index in [0.29, 0.717) is 6.42 Å². The van der Waals surface area contributed by atoms with Crippen LogP contribution in [0.15, 0.2) is 48.8 Å². The van der Waals surface area contributed by atoms with Crippen LogP contribution in [0.25, 0.3) is 0 Å². The molecule has 0 saturated heterocycles. The lowest BCUT2D eigenvalue weighted by Gasteiger charge is -2.22. The molecule has 2 heterocycles. The molecule has 0 fully saturated rings. The van der Waals surface area contributed by atoms with Crippen molar-refractivity contribution in [3.05, 3.63) is 59.9 Å². The van der Waals surface area contributed by atoms with E-state index >= 15 is 0 Å². The second-order valence-electron chi connectivity index (χ2n) is 5.21. The number of nitrogens with zero attached hydrogens (tertiary/aromatic N) is 2. The van der Waals surface area contributed by atoms with Gasteiger partial charge in [-0.2, -0.15) is 0 Å². The number of rotatable bonds is 3. The summed E-state index contributed by atoms with van der Waals surface area (Å²) in [7, 11) is 0. The van der Waals surface area contributed by atoms with Gasteiger partial charge in [-0.3, -0.25) is 9.78 Å². The number of para-hydroxylation sites is 1. The van der Waals surface area contributed by atoms with Gasteiger partial charge >= 0.3 is 0 Å². The van der Waals surface area contributed by atoms with Gasteiger partial charge in [0, 0.05) is 44.1 Å². The standard InChI is InChI=1S/C17H19N3O/c21-17(6-5-14-7-9-18-10-8-14)20-12-11-19-13-15-3-1-2-4-16(15)20/h1-4,7-10,19H,5-6,11-13H2. The van der Waals surface area contributed by atoms with Crippen molar-refractivity contribution in [3.63, 3.8) is 0 Å². The summed E-state index contributed by atoms with van der Waals surface area (Å²) in [5, 5.41) is 3.36. The van der Waals surface area contributed by atoms with Gasteiger partial charge in [0.25, 0.3) is 0 Å². The zero-order valence-electron chi connectivity index (χ0n) is 12.0. The van der Waals surface area contributed by atoms with Gasteiger partial charge in [0.05, 0.1) is 0 Å². The molecular weight excluding hydrogens is 262 g/mol. The van der Waals surface area contributed by atoms with Crippen LogP contribution >= 0.6 is 0 Å². The molecular formula is C17H19N3O. The molecule has 0 atom stereocenters. The molecule has 1 aromatic carbocycles. The maximum absolute atomic E-state index is 12.6. The summed E-state index contributed by atoms with van der Waals surface area (Å²) >= 11 is 0. The van der Waals surface area contributed by atoms with Crippen molar-refractivity contribution in [1.29, 1.82) is 0 Å². The number of anilines is 1. The van der Waals surface area contributed by atoms with E-state index in [0.717, 1.165) is 37.3 Å². The first-order valence-corrected chi connectivity index (χ1v) is 7.32. The largest absolute Gasteiger partial charge is 0.311 e. The molecule has 1 aliphatic rings. The van der Waals surface area contributed by atoms with Gasteiger partial charge in [-0.05, 0) is 35.7 Å². The molecule has 4 nitrogen and oxygen atoms in total.